The summed E-state index contributed by atoms with van der Waals surface area (Å²) in [4.78, 5) is 1.19. The average Bonchev–Trinajstić information content (AvgIpc) is 2.82. The molecule has 0 spiro atoms. The van der Waals surface area contributed by atoms with Crippen molar-refractivity contribution in [2.24, 2.45) is 10.3 Å². The molecule has 5 heteroatoms. The molecule has 0 unspecified atom stereocenters. The first kappa shape index (κ1) is 20.3. The van der Waals surface area contributed by atoms with Gasteiger partial charge in [0.25, 0.3) is 0 Å². The van der Waals surface area contributed by atoms with E-state index in [2.05, 4.69) is 113 Å². The zero-order chi connectivity index (χ0) is 20.4. The molecule has 4 aromatic carbocycles. The Morgan fingerprint density at radius 2 is 1.10 bits per heavy atom. The number of hydrogen-bond donors (Lipinski definition) is 1. The standard InChI is InChI=1S/C25H22N3PS/c1-4-10-22(11-5-1)29(23-12-6-2-7-13-23)24-18-16-21(17-19-24)27-28-26-20-30-25-14-8-3-9-15-25/h1-19H,20H2,(H,26,27). The minimum absolute atomic E-state index is 0.586. The smallest absolute Gasteiger partial charge is 0.112 e. The molecule has 3 nitrogen and oxygen atoms in total. The lowest BCUT2D eigenvalue weighted by atomic mass is 10.3. The second kappa shape index (κ2) is 10.7. The lowest BCUT2D eigenvalue weighted by Gasteiger charge is -2.19. The van der Waals surface area contributed by atoms with Crippen molar-refractivity contribution in [3.8, 4) is 0 Å². The molecule has 0 aliphatic rings. The molecular weight excluding hydrogens is 405 g/mol. The Labute approximate surface area is 183 Å². The summed E-state index contributed by atoms with van der Waals surface area (Å²) < 4.78 is 0. The molecule has 0 amide bonds. The van der Waals surface area contributed by atoms with Gasteiger partial charge >= 0.3 is 0 Å². The number of thioether (sulfide) groups is 1. The topological polar surface area (TPSA) is 36.8 Å². The summed E-state index contributed by atoms with van der Waals surface area (Å²) >= 11 is 1.66. The molecule has 0 atom stereocenters. The highest BCUT2D eigenvalue weighted by Crippen LogP contribution is 2.32. The first-order valence-corrected chi connectivity index (χ1v) is 12.0. The molecule has 0 saturated carbocycles. The van der Waals surface area contributed by atoms with E-state index in [0.29, 0.717) is 5.88 Å². The van der Waals surface area contributed by atoms with Crippen LogP contribution in [0.25, 0.3) is 0 Å². The average molecular weight is 428 g/mol. The Morgan fingerprint density at radius 3 is 1.67 bits per heavy atom. The van der Waals surface area contributed by atoms with Gasteiger partial charge in [-0.25, -0.2) is 0 Å². The van der Waals surface area contributed by atoms with E-state index in [1.807, 2.05) is 18.2 Å². The van der Waals surface area contributed by atoms with E-state index in [1.165, 1.54) is 20.8 Å². The maximum atomic E-state index is 4.20. The van der Waals surface area contributed by atoms with Gasteiger partial charge in [-0.1, -0.05) is 96.2 Å². The van der Waals surface area contributed by atoms with E-state index < -0.39 is 7.92 Å². The molecule has 0 radical (unpaired) electrons. The zero-order valence-corrected chi connectivity index (χ0v) is 18.1. The van der Waals surface area contributed by atoms with Crippen molar-refractivity contribution in [2.75, 3.05) is 11.3 Å². The van der Waals surface area contributed by atoms with Crippen LogP contribution in [-0.2, 0) is 0 Å². The van der Waals surface area contributed by atoms with Crippen LogP contribution >= 0.6 is 19.7 Å². The van der Waals surface area contributed by atoms with Gasteiger partial charge in [0.2, 0.25) is 0 Å². The Morgan fingerprint density at radius 1 is 0.600 bits per heavy atom. The number of nitrogens with zero attached hydrogens (tertiary/aromatic N) is 2. The van der Waals surface area contributed by atoms with Gasteiger partial charge in [-0.15, -0.1) is 11.8 Å². The molecule has 4 aromatic rings. The van der Waals surface area contributed by atoms with Crippen molar-refractivity contribution in [3.63, 3.8) is 0 Å². The molecule has 30 heavy (non-hydrogen) atoms. The summed E-state index contributed by atoms with van der Waals surface area (Å²) in [5, 5.41) is 12.3. The Kier molecular flexibility index (Phi) is 7.27. The second-order valence-electron chi connectivity index (χ2n) is 6.49. The lowest BCUT2D eigenvalue weighted by molar-refractivity contribution is 1.06. The van der Waals surface area contributed by atoms with Crippen LogP contribution in [0.4, 0.5) is 5.69 Å². The molecule has 0 bridgehead atoms. The molecule has 0 heterocycles. The van der Waals surface area contributed by atoms with Crippen LogP contribution < -0.4 is 21.3 Å². The van der Waals surface area contributed by atoms with E-state index in [1.54, 1.807) is 11.8 Å². The molecule has 4 rings (SSSR count). The van der Waals surface area contributed by atoms with E-state index in [4.69, 9.17) is 0 Å². The molecule has 0 aromatic heterocycles. The highest BCUT2D eigenvalue weighted by Gasteiger charge is 2.15. The van der Waals surface area contributed by atoms with Gasteiger partial charge < -0.3 is 0 Å². The Hall–Kier alpha value is -2.94. The van der Waals surface area contributed by atoms with Crippen LogP contribution in [0, 0.1) is 0 Å². The van der Waals surface area contributed by atoms with Gasteiger partial charge in [0.15, 0.2) is 0 Å². The number of anilines is 1. The number of nitrogens with one attached hydrogen (secondary N) is 1. The van der Waals surface area contributed by atoms with Crippen LogP contribution in [0.1, 0.15) is 0 Å². The van der Waals surface area contributed by atoms with Crippen molar-refractivity contribution in [2.45, 2.75) is 4.90 Å². The fraction of sp³-hybridized carbons (Fsp3) is 0.0400. The largest absolute Gasteiger partial charge is 0.260 e. The van der Waals surface area contributed by atoms with E-state index >= 15 is 0 Å². The monoisotopic (exact) mass is 427 g/mol. The SMILES string of the molecule is c1ccc(SC/N=N/Nc2ccc(P(c3ccccc3)c3ccccc3)cc2)cc1. The van der Waals surface area contributed by atoms with Crippen molar-refractivity contribution in [1.29, 1.82) is 0 Å². The van der Waals surface area contributed by atoms with Gasteiger partial charge in [0.1, 0.15) is 5.88 Å². The third-order valence-corrected chi connectivity index (χ3v) is 7.73. The fourth-order valence-electron chi connectivity index (χ4n) is 3.03. The van der Waals surface area contributed by atoms with Crippen molar-refractivity contribution in [1.82, 2.24) is 0 Å². The maximum absolute atomic E-state index is 4.20. The summed E-state index contributed by atoms with van der Waals surface area (Å²) in [6, 6.07) is 40.1. The Balaban J connectivity index is 1.43. The molecule has 148 valence electrons. The number of benzene rings is 4. The van der Waals surface area contributed by atoms with Crippen molar-refractivity contribution in [3.05, 3.63) is 115 Å². The molecule has 0 fully saturated rings. The highest BCUT2D eigenvalue weighted by molar-refractivity contribution is 7.99. The minimum Gasteiger partial charge on any atom is -0.260 e. The van der Waals surface area contributed by atoms with Crippen LogP contribution in [-0.4, -0.2) is 5.88 Å². The molecular formula is C25H22N3PS. The fourth-order valence-corrected chi connectivity index (χ4v) is 5.92. The Bertz CT molecular complexity index is 1020. The predicted octanol–water partition coefficient (Wildman–Crippen LogP) is 5.97. The predicted molar refractivity (Wildman–Crippen MR) is 131 cm³/mol. The van der Waals surface area contributed by atoms with Crippen LogP contribution in [0.5, 0.6) is 0 Å². The molecule has 1 N–H and O–H groups in total. The first-order chi connectivity index (χ1) is 14.9. The lowest BCUT2D eigenvalue weighted by Crippen LogP contribution is -2.20. The molecule has 0 aliphatic carbocycles. The molecule has 0 saturated heterocycles. The van der Waals surface area contributed by atoms with Crippen molar-refractivity contribution < 1.29 is 0 Å². The second-order valence-corrected chi connectivity index (χ2v) is 9.73. The van der Waals surface area contributed by atoms with Gasteiger partial charge in [-0.2, -0.15) is 5.11 Å². The quantitative estimate of drug-likeness (QED) is 0.163. The van der Waals surface area contributed by atoms with Gasteiger partial charge in [0, 0.05) is 4.90 Å². The number of rotatable bonds is 8. The summed E-state index contributed by atoms with van der Waals surface area (Å²) in [6.45, 7) is 0. The number of hydrogen-bond acceptors (Lipinski definition) is 3. The summed E-state index contributed by atoms with van der Waals surface area (Å²) in [5.41, 5.74) is 3.96. The van der Waals surface area contributed by atoms with Crippen LogP contribution in [0.3, 0.4) is 0 Å². The first-order valence-electron chi connectivity index (χ1n) is 9.71. The summed E-state index contributed by atoms with van der Waals surface area (Å²) in [6.07, 6.45) is 0. The minimum atomic E-state index is -0.588. The van der Waals surface area contributed by atoms with E-state index in [0.717, 1.165) is 5.69 Å². The highest BCUT2D eigenvalue weighted by atomic mass is 32.2. The molecule has 0 aliphatic heterocycles. The van der Waals surface area contributed by atoms with Gasteiger partial charge in [0.05, 0.1) is 5.69 Å². The third kappa shape index (κ3) is 5.56. The summed E-state index contributed by atoms with van der Waals surface area (Å²) in [5.74, 6) is 0.586. The van der Waals surface area contributed by atoms with Gasteiger partial charge in [-0.3, -0.25) is 5.43 Å². The normalized spacial score (nSPS) is 11.1. The maximum Gasteiger partial charge on any atom is 0.112 e. The van der Waals surface area contributed by atoms with Crippen LogP contribution in [0.2, 0.25) is 0 Å². The van der Waals surface area contributed by atoms with Crippen molar-refractivity contribution >= 4 is 41.3 Å². The third-order valence-electron chi connectivity index (χ3n) is 4.44. The van der Waals surface area contributed by atoms with E-state index in [9.17, 15) is 0 Å². The van der Waals surface area contributed by atoms with E-state index in [-0.39, 0.29) is 0 Å². The van der Waals surface area contributed by atoms with Gasteiger partial charge in [-0.05, 0) is 48.1 Å². The zero-order valence-electron chi connectivity index (χ0n) is 16.4. The summed E-state index contributed by atoms with van der Waals surface area (Å²) in [7, 11) is -0.588. The van der Waals surface area contributed by atoms with Crippen LogP contribution in [0.15, 0.2) is 130 Å².